The Balaban J connectivity index is 0.000000868. The quantitative estimate of drug-likeness (QED) is 0.608. The summed E-state index contributed by atoms with van der Waals surface area (Å²) in [4.78, 5) is 4.54. The number of rotatable bonds is 5. The Morgan fingerprint density at radius 1 is 0.739 bits per heavy atom. The molecule has 1 heterocycles. The highest BCUT2D eigenvalue weighted by atomic mass is 14.7. The third kappa shape index (κ3) is 9.89. The minimum atomic E-state index is 1.02. The Morgan fingerprint density at radius 2 is 1.26 bits per heavy atom. The Kier molecular flexibility index (Phi) is 13.0. The molecule has 0 radical (unpaired) electrons. The van der Waals surface area contributed by atoms with Crippen molar-refractivity contribution in [3.63, 3.8) is 0 Å². The largest absolute Gasteiger partial charge is 0.258 e. The fourth-order valence-electron chi connectivity index (χ4n) is 2.17. The van der Waals surface area contributed by atoms with Crippen LogP contribution in [0.1, 0.15) is 70.0 Å². The van der Waals surface area contributed by atoms with Crippen LogP contribution < -0.4 is 0 Å². The standard InChI is InChI=1S/C17H21N.C3H8.C2H6/c1-3-5-15-8-10-16(11-9-15)12-13-17-7-4-6-14(2)18-17;1-3-2;1-2/h4,6-11H,3,5,12-13H2,1-2H3;3H2,1-2H3;1-2H3. The van der Waals surface area contributed by atoms with E-state index in [4.69, 9.17) is 0 Å². The number of hydrogen-bond donors (Lipinski definition) is 0. The van der Waals surface area contributed by atoms with Gasteiger partial charge in [0.05, 0.1) is 0 Å². The fraction of sp³-hybridized carbons (Fsp3) is 0.500. The van der Waals surface area contributed by atoms with Crippen molar-refractivity contribution in [3.8, 4) is 0 Å². The first-order valence-electron chi connectivity index (χ1n) is 9.19. The molecular weight excluding hydrogens is 278 g/mol. The summed E-state index contributed by atoms with van der Waals surface area (Å²) in [6, 6.07) is 15.2. The maximum atomic E-state index is 4.54. The van der Waals surface area contributed by atoms with Crippen LogP contribution in [-0.2, 0) is 19.3 Å². The van der Waals surface area contributed by atoms with E-state index >= 15 is 0 Å². The van der Waals surface area contributed by atoms with Crippen LogP contribution in [0.15, 0.2) is 42.5 Å². The molecule has 23 heavy (non-hydrogen) atoms. The predicted molar refractivity (Wildman–Crippen MR) is 104 cm³/mol. The lowest BCUT2D eigenvalue weighted by atomic mass is 10.0. The summed E-state index contributed by atoms with van der Waals surface area (Å²) in [6.45, 7) is 12.5. The van der Waals surface area contributed by atoms with E-state index in [1.165, 1.54) is 36.1 Å². The summed E-state index contributed by atoms with van der Waals surface area (Å²) in [6.07, 6.45) is 5.74. The van der Waals surface area contributed by atoms with Crippen molar-refractivity contribution in [2.75, 3.05) is 0 Å². The van der Waals surface area contributed by atoms with E-state index < -0.39 is 0 Å². The molecule has 0 fully saturated rings. The number of aryl methyl sites for hydroxylation is 4. The molecule has 1 aromatic carbocycles. The first-order valence-corrected chi connectivity index (χ1v) is 9.19. The molecule has 0 aliphatic carbocycles. The summed E-state index contributed by atoms with van der Waals surface area (Å²) >= 11 is 0. The average molecular weight is 314 g/mol. The first kappa shape index (κ1) is 21.4. The minimum Gasteiger partial charge on any atom is -0.258 e. The van der Waals surface area contributed by atoms with Crippen LogP contribution >= 0.6 is 0 Å². The van der Waals surface area contributed by atoms with Gasteiger partial charge in [0, 0.05) is 11.4 Å². The monoisotopic (exact) mass is 313 g/mol. The zero-order valence-electron chi connectivity index (χ0n) is 16.0. The molecule has 0 spiro atoms. The smallest absolute Gasteiger partial charge is 0.0410 e. The number of aromatic nitrogens is 1. The number of pyridine rings is 1. The first-order chi connectivity index (χ1) is 11.2. The Bertz CT molecular complexity index is 500. The third-order valence-electron chi connectivity index (χ3n) is 3.18. The zero-order valence-corrected chi connectivity index (χ0v) is 16.0. The second-order valence-corrected chi connectivity index (χ2v) is 5.54. The Morgan fingerprint density at radius 3 is 1.74 bits per heavy atom. The van der Waals surface area contributed by atoms with Gasteiger partial charge < -0.3 is 0 Å². The molecular formula is C22H35N. The Labute approximate surface area is 144 Å². The lowest BCUT2D eigenvalue weighted by Crippen LogP contribution is -1.96. The van der Waals surface area contributed by atoms with Crippen LogP contribution in [0.2, 0.25) is 0 Å². The fourth-order valence-corrected chi connectivity index (χ4v) is 2.17. The minimum absolute atomic E-state index is 1.02. The van der Waals surface area contributed by atoms with Gasteiger partial charge in [0.15, 0.2) is 0 Å². The highest BCUT2D eigenvalue weighted by Gasteiger charge is 1.98. The number of benzene rings is 1. The molecule has 2 aromatic rings. The van der Waals surface area contributed by atoms with Gasteiger partial charge in [-0.05, 0) is 49.4 Å². The van der Waals surface area contributed by atoms with Crippen molar-refractivity contribution in [1.29, 1.82) is 0 Å². The molecule has 0 N–H and O–H groups in total. The molecule has 0 saturated carbocycles. The van der Waals surface area contributed by atoms with Gasteiger partial charge in [-0.25, -0.2) is 0 Å². The second kappa shape index (κ2) is 14.0. The number of nitrogens with zero attached hydrogens (tertiary/aromatic N) is 1. The van der Waals surface area contributed by atoms with Crippen LogP contribution in [0.3, 0.4) is 0 Å². The van der Waals surface area contributed by atoms with Gasteiger partial charge in [-0.15, -0.1) is 0 Å². The van der Waals surface area contributed by atoms with E-state index in [-0.39, 0.29) is 0 Å². The lowest BCUT2D eigenvalue weighted by molar-refractivity contribution is 0.894. The van der Waals surface area contributed by atoms with Crippen LogP contribution in [0, 0.1) is 6.92 Å². The molecule has 1 aromatic heterocycles. The van der Waals surface area contributed by atoms with Gasteiger partial charge in [0.1, 0.15) is 0 Å². The summed E-state index contributed by atoms with van der Waals surface area (Å²) in [5.74, 6) is 0. The van der Waals surface area contributed by atoms with E-state index in [0.717, 1.165) is 18.5 Å². The molecule has 128 valence electrons. The van der Waals surface area contributed by atoms with Crippen molar-refractivity contribution in [2.24, 2.45) is 0 Å². The summed E-state index contributed by atoms with van der Waals surface area (Å²) < 4.78 is 0. The zero-order chi connectivity index (χ0) is 17.5. The van der Waals surface area contributed by atoms with Crippen LogP contribution in [-0.4, -0.2) is 4.98 Å². The van der Waals surface area contributed by atoms with E-state index in [9.17, 15) is 0 Å². The maximum Gasteiger partial charge on any atom is 0.0410 e. The van der Waals surface area contributed by atoms with E-state index in [1.807, 2.05) is 26.8 Å². The van der Waals surface area contributed by atoms with Gasteiger partial charge in [-0.3, -0.25) is 4.98 Å². The highest BCUT2D eigenvalue weighted by molar-refractivity contribution is 5.23. The molecule has 2 rings (SSSR count). The van der Waals surface area contributed by atoms with Crippen molar-refractivity contribution in [3.05, 3.63) is 65.0 Å². The molecule has 0 saturated heterocycles. The highest BCUT2D eigenvalue weighted by Crippen LogP contribution is 2.09. The predicted octanol–water partition coefficient (Wildman–Crippen LogP) is 6.57. The molecule has 1 heteroatoms. The van der Waals surface area contributed by atoms with E-state index in [0.29, 0.717) is 0 Å². The molecule has 0 unspecified atom stereocenters. The van der Waals surface area contributed by atoms with Gasteiger partial charge in [0.2, 0.25) is 0 Å². The van der Waals surface area contributed by atoms with Crippen molar-refractivity contribution >= 4 is 0 Å². The molecule has 0 amide bonds. The van der Waals surface area contributed by atoms with E-state index in [1.54, 1.807) is 0 Å². The molecule has 1 nitrogen and oxygen atoms in total. The maximum absolute atomic E-state index is 4.54. The normalized spacial score (nSPS) is 9.30. The van der Waals surface area contributed by atoms with Crippen LogP contribution in [0.4, 0.5) is 0 Å². The van der Waals surface area contributed by atoms with Gasteiger partial charge in [0.25, 0.3) is 0 Å². The molecule has 0 atom stereocenters. The summed E-state index contributed by atoms with van der Waals surface area (Å²) in [5, 5.41) is 0. The van der Waals surface area contributed by atoms with Crippen molar-refractivity contribution < 1.29 is 0 Å². The lowest BCUT2D eigenvalue weighted by Gasteiger charge is -2.04. The van der Waals surface area contributed by atoms with Crippen molar-refractivity contribution in [2.45, 2.75) is 73.6 Å². The van der Waals surface area contributed by atoms with E-state index in [2.05, 4.69) is 62.2 Å². The van der Waals surface area contributed by atoms with Crippen LogP contribution in [0.25, 0.3) is 0 Å². The summed E-state index contributed by atoms with van der Waals surface area (Å²) in [5.41, 5.74) is 5.13. The second-order valence-electron chi connectivity index (χ2n) is 5.54. The van der Waals surface area contributed by atoms with Gasteiger partial charge in [-0.1, -0.05) is 77.8 Å². The average Bonchev–Trinajstić information content (AvgIpc) is 2.57. The summed E-state index contributed by atoms with van der Waals surface area (Å²) in [7, 11) is 0. The SMILES string of the molecule is CC.CCC.CCCc1ccc(CCc2cccc(C)n2)cc1. The van der Waals surface area contributed by atoms with Crippen molar-refractivity contribution in [1.82, 2.24) is 4.98 Å². The Hall–Kier alpha value is -1.63. The van der Waals surface area contributed by atoms with Gasteiger partial charge in [-0.2, -0.15) is 0 Å². The number of hydrogen-bond acceptors (Lipinski definition) is 1. The third-order valence-corrected chi connectivity index (χ3v) is 3.18. The van der Waals surface area contributed by atoms with Gasteiger partial charge >= 0.3 is 0 Å². The topological polar surface area (TPSA) is 12.9 Å². The molecule has 0 aliphatic heterocycles. The molecule has 0 aliphatic rings. The van der Waals surface area contributed by atoms with Crippen LogP contribution in [0.5, 0.6) is 0 Å². The molecule has 0 bridgehead atoms.